The molecule has 0 radical (unpaired) electrons. The fraction of sp³-hybridized carbons (Fsp3) is 0.469. The third-order valence-electron chi connectivity index (χ3n) is 12.2. The Kier molecular flexibility index (Phi) is 17.5. The summed E-state index contributed by atoms with van der Waals surface area (Å²) in [5.74, 6) is -0.413. The summed E-state index contributed by atoms with van der Waals surface area (Å²) in [6.07, 6.45) is 11.5. The summed E-state index contributed by atoms with van der Waals surface area (Å²) in [5, 5.41) is 22.5. The van der Waals surface area contributed by atoms with Gasteiger partial charge in [0.25, 0.3) is 11.8 Å². The van der Waals surface area contributed by atoms with E-state index >= 15 is 0 Å². The minimum atomic E-state index is -0.679. The summed E-state index contributed by atoms with van der Waals surface area (Å²) in [5.41, 5.74) is 3.82. The quantitative estimate of drug-likeness (QED) is 0.0467. The number of halogens is 3. The van der Waals surface area contributed by atoms with Crippen molar-refractivity contribution in [3.05, 3.63) is 108 Å². The molecule has 0 atom stereocenters. The maximum Gasteiger partial charge on any atom is 0.301 e. The van der Waals surface area contributed by atoms with Crippen LogP contribution in [-0.4, -0.2) is 38.0 Å². The molecule has 0 saturated carbocycles. The van der Waals surface area contributed by atoms with Crippen molar-refractivity contribution >= 4 is 69.5 Å². The number of rotatable bonds is 22. The predicted molar refractivity (Wildman–Crippen MR) is 262 cm³/mol. The van der Waals surface area contributed by atoms with Gasteiger partial charge >= 0.3 is 5.56 Å². The zero-order chi connectivity index (χ0) is 46.8. The molecule has 0 aliphatic rings. The Balaban J connectivity index is 1.35. The van der Waals surface area contributed by atoms with Crippen LogP contribution in [0.15, 0.2) is 69.6 Å². The van der Waals surface area contributed by atoms with Crippen LogP contribution in [0.3, 0.4) is 0 Å². The molecule has 12 nitrogen and oxygen atoms in total. The Labute approximate surface area is 392 Å². The number of aromatic nitrogens is 4. The molecule has 0 unspecified atom stereocenters. The number of nitrogens with zero attached hydrogens (tertiary/aromatic N) is 5. The highest BCUT2D eigenvalue weighted by atomic mass is 35.5. The van der Waals surface area contributed by atoms with Gasteiger partial charge in [-0.2, -0.15) is 5.10 Å². The van der Waals surface area contributed by atoms with Crippen molar-refractivity contribution in [2.75, 3.05) is 17.2 Å². The molecule has 3 aromatic carbocycles. The third-order valence-corrected chi connectivity index (χ3v) is 12.9. The largest absolute Gasteiger partial charge is 0.483 e. The molecule has 3 N–H and O–H groups in total. The number of anilines is 2. The number of nitrogens with one attached hydrogen (secondary N) is 3. The lowest BCUT2D eigenvalue weighted by Gasteiger charge is -2.30. The fourth-order valence-corrected chi connectivity index (χ4v) is 8.31. The normalized spacial score (nSPS) is 12.0. The molecule has 5 aromatic rings. The smallest absolute Gasteiger partial charge is 0.301 e. The van der Waals surface area contributed by atoms with E-state index in [0.717, 1.165) is 48.2 Å². The van der Waals surface area contributed by atoms with Gasteiger partial charge in [-0.25, -0.2) is 4.68 Å². The van der Waals surface area contributed by atoms with Gasteiger partial charge in [0, 0.05) is 28.4 Å². The van der Waals surface area contributed by atoms with Gasteiger partial charge in [0.2, 0.25) is 0 Å². The second-order valence-electron chi connectivity index (χ2n) is 17.7. The Bertz CT molecular complexity index is 2500. The third kappa shape index (κ3) is 12.5. The zero-order valence-electron chi connectivity index (χ0n) is 38.7. The first kappa shape index (κ1) is 50.1. The lowest BCUT2D eigenvalue weighted by molar-refractivity contribution is -0.118. The van der Waals surface area contributed by atoms with E-state index in [2.05, 4.69) is 86.6 Å². The van der Waals surface area contributed by atoms with Crippen LogP contribution in [-0.2, 0) is 22.2 Å². The van der Waals surface area contributed by atoms with Crippen LogP contribution < -0.4 is 20.9 Å². The molecule has 0 aliphatic heterocycles. The number of carbonyl (C=O) groups excluding carboxylic acids is 2. The first-order valence-corrected chi connectivity index (χ1v) is 23.5. The Morgan fingerprint density at radius 2 is 1.44 bits per heavy atom. The number of azo groups is 1. The van der Waals surface area contributed by atoms with E-state index in [0.29, 0.717) is 22.8 Å². The Morgan fingerprint density at radius 3 is 2.09 bits per heavy atom. The average molecular weight is 934 g/mol. The molecule has 2 amide bonds. The highest BCUT2D eigenvalue weighted by Crippen LogP contribution is 2.39. The molecular formula is C49H63Cl3N8O4. The molecule has 0 saturated heterocycles. The highest BCUT2D eigenvalue weighted by Gasteiger charge is 2.27. The molecule has 0 fully saturated rings. The molecule has 0 bridgehead atoms. The van der Waals surface area contributed by atoms with E-state index in [1.54, 1.807) is 18.2 Å². The van der Waals surface area contributed by atoms with Crippen molar-refractivity contribution in [2.45, 2.75) is 144 Å². The first-order chi connectivity index (χ1) is 30.4. The van der Waals surface area contributed by atoms with Crippen LogP contribution >= 0.6 is 34.8 Å². The van der Waals surface area contributed by atoms with Gasteiger partial charge in [-0.15, -0.1) is 10.2 Å². The minimum absolute atomic E-state index is 0.00961. The first-order valence-electron chi connectivity index (χ1n) is 22.3. The van der Waals surface area contributed by atoms with Crippen LogP contribution in [0.1, 0.15) is 146 Å². The SMILES string of the molecule is CCCCCCCCCCn1nc(C)c(N=Nc2c(NC(=O)c3cccc(NC(=O)COc4ccc(C(C)(C)CC)cc4C(C)(C)CC)c3)[nH]n(-c3c(Cl)cc(Cl)cc3Cl)c2=O)c1C. The van der Waals surface area contributed by atoms with Crippen molar-refractivity contribution in [1.82, 2.24) is 19.6 Å². The predicted octanol–water partition coefficient (Wildman–Crippen LogP) is 14.1. The Morgan fingerprint density at radius 1 is 0.797 bits per heavy atom. The summed E-state index contributed by atoms with van der Waals surface area (Å²) in [6, 6.07) is 15.5. The molecule has 15 heteroatoms. The number of aromatic amines is 1. The molecule has 0 aliphatic carbocycles. The van der Waals surface area contributed by atoms with Gasteiger partial charge in [0.15, 0.2) is 18.1 Å². The number of hydrogen-bond acceptors (Lipinski definition) is 7. The highest BCUT2D eigenvalue weighted by molar-refractivity contribution is 6.40. The van der Waals surface area contributed by atoms with Crippen molar-refractivity contribution in [3.8, 4) is 11.4 Å². The van der Waals surface area contributed by atoms with E-state index in [4.69, 9.17) is 44.6 Å². The summed E-state index contributed by atoms with van der Waals surface area (Å²) < 4.78 is 9.13. The fourth-order valence-electron chi connectivity index (χ4n) is 7.32. The topological polar surface area (TPSA) is 148 Å². The molecule has 2 aromatic heterocycles. The lowest BCUT2D eigenvalue weighted by atomic mass is 9.76. The van der Waals surface area contributed by atoms with Crippen LogP contribution in [0.5, 0.6) is 5.75 Å². The molecule has 2 heterocycles. The van der Waals surface area contributed by atoms with E-state index in [1.165, 1.54) is 62.3 Å². The van der Waals surface area contributed by atoms with E-state index in [-0.39, 0.29) is 55.3 Å². The lowest BCUT2D eigenvalue weighted by Crippen LogP contribution is -2.24. The van der Waals surface area contributed by atoms with Crippen LogP contribution in [0.25, 0.3) is 5.69 Å². The maximum absolute atomic E-state index is 14.1. The van der Waals surface area contributed by atoms with Gasteiger partial charge in [-0.3, -0.25) is 24.2 Å². The van der Waals surface area contributed by atoms with Gasteiger partial charge in [0.05, 0.1) is 21.4 Å². The summed E-state index contributed by atoms with van der Waals surface area (Å²) in [6.45, 7) is 19.6. The van der Waals surface area contributed by atoms with Crippen molar-refractivity contribution in [3.63, 3.8) is 0 Å². The van der Waals surface area contributed by atoms with Crippen LogP contribution in [0, 0.1) is 13.8 Å². The zero-order valence-corrected chi connectivity index (χ0v) is 41.0. The number of unbranched alkanes of at least 4 members (excludes halogenated alkanes) is 7. The monoisotopic (exact) mass is 932 g/mol. The van der Waals surface area contributed by atoms with E-state index in [1.807, 2.05) is 24.6 Å². The van der Waals surface area contributed by atoms with E-state index in [9.17, 15) is 14.4 Å². The standard InChI is InChI=1S/C49H63Cl3N8O4/c1-10-13-14-15-16-17-18-19-25-59-32(5)42(31(4)57-59)55-56-43-45(58-60(47(43)63)44-38(51)28-35(50)29-39(44)52)54-46(62)33-21-20-22-36(26-33)53-41(61)30-64-40-24-23-34(48(6,7)11-2)27-37(40)49(8,9)12-3/h20-24,26-29,58H,10-19,25,30H2,1-9H3,(H,53,61)(H,54,62). The van der Waals surface area contributed by atoms with Crippen LogP contribution in [0.4, 0.5) is 22.9 Å². The number of carbonyl (C=O) groups is 2. The average Bonchev–Trinajstić information content (AvgIpc) is 3.70. The molecule has 344 valence electrons. The number of amides is 2. The van der Waals surface area contributed by atoms with Gasteiger partial charge in [-0.05, 0) is 85.9 Å². The number of H-pyrrole nitrogens is 1. The van der Waals surface area contributed by atoms with E-state index < -0.39 is 17.4 Å². The Hall–Kier alpha value is -4.91. The maximum atomic E-state index is 14.1. The summed E-state index contributed by atoms with van der Waals surface area (Å²) >= 11 is 19.3. The second kappa shape index (κ2) is 22.3. The van der Waals surface area contributed by atoms with Crippen molar-refractivity contribution < 1.29 is 14.3 Å². The van der Waals surface area contributed by atoms with Crippen molar-refractivity contribution in [1.29, 1.82) is 0 Å². The molecular weight excluding hydrogens is 871 g/mol. The summed E-state index contributed by atoms with van der Waals surface area (Å²) in [4.78, 5) is 41.3. The second-order valence-corrected chi connectivity index (χ2v) is 18.9. The van der Waals surface area contributed by atoms with Crippen molar-refractivity contribution in [2.24, 2.45) is 10.2 Å². The molecule has 5 rings (SSSR count). The number of benzene rings is 3. The summed E-state index contributed by atoms with van der Waals surface area (Å²) in [7, 11) is 0. The number of aryl methyl sites for hydroxylation is 2. The van der Waals surface area contributed by atoms with Gasteiger partial charge in [0.1, 0.15) is 17.1 Å². The van der Waals surface area contributed by atoms with Gasteiger partial charge < -0.3 is 15.4 Å². The molecule has 0 spiro atoms. The minimum Gasteiger partial charge on any atom is -0.483 e. The number of ether oxygens (including phenoxy) is 1. The number of hydrogen-bond donors (Lipinski definition) is 3. The molecule has 64 heavy (non-hydrogen) atoms. The van der Waals surface area contributed by atoms with Gasteiger partial charge in [-0.1, -0.05) is 146 Å². The van der Waals surface area contributed by atoms with Crippen LogP contribution in [0.2, 0.25) is 15.1 Å².